The summed E-state index contributed by atoms with van der Waals surface area (Å²) < 4.78 is 19.9. The highest BCUT2D eigenvalue weighted by molar-refractivity contribution is 7.77. The predicted octanol–water partition coefficient (Wildman–Crippen LogP) is 8.44. The van der Waals surface area contributed by atoms with E-state index in [0.717, 1.165) is 5.50 Å². The number of rotatable bonds is 10. The molecule has 0 N–H and O–H groups in total. The lowest BCUT2D eigenvalue weighted by atomic mass is 9.90. The quantitative estimate of drug-likeness (QED) is 0.0883. The van der Waals surface area contributed by atoms with Crippen LogP contribution in [0.3, 0.4) is 0 Å². The third kappa shape index (κ3) is 7.16. The van der Waals surface area contributed by atoms with Crippen molar-refractivity contribution in [1.29, 1.82) is 0 Å². The molecule has 0 aliphatic carbocycles. The largest absolute Gasteiger partial charge is 0.714 e. The van der Waals surface area contributed by atoms with Gasteiger partial charge in [0, 0.05) is 13.6 Å². The minimum absolute atomic E-state index is 0.0147. The predicted molar refractivity (Wildman–Crippen MR) is 193 cm³/mol. The summed E-state index contributed by atoms with van der Waals surface area (Å²) in [6.45, 7) is 8.25. The molecule has 0 unspecified atom stereocenters. The fourth-order valence-electron chi connectivity index (χ4n) is 5.41. The van der Waals surface area contributed by atoms with Crippen molar-refractivity contribution < 1.29 is 14.0 Å². The van der Waals surface area contributed by atoms with Crippen LogP contribution < -0.4 is 21.2 Å². The lowest BCUT2D eigenvalue weighted by molar-refractivity contribution is 0.00578. The van der Waals surface area contributed by atoms with Crippen LogP contribution >= 0.6 is 15.8 Å². The lowest BCUT2D eigenvalue weighted by Gasteiger charge is -2.31. The van der Waals surface area contributed by atoms with Crippen molar-refractivity contribution in [3.8, 4) is 0 Å². The Bertz CT molecular complexity index is 1590. The van der Waals surface area contributed by atoms with Crippen molar-refractivity contribution in [3.05, 3.63) is 169 Å². The van der Waals surface area contributed by atoms with Crippen LogP contribution in [-0.4, -0.2) is 18.5 Å². The summed E-state index contributed by atoms with van der Waals surface area (Å²) >= 11 is 0. The van der Waals surface area contributed by atoms with E-state index in [4.69, 9.17) is 14.0 Å². The van der Waals surface area contributed by atoms with Gasteiger partial charge in [0.1, 0.15) is 5.50 Å². The van der Waals surface area contributed by atoms with Crippen LogP contribution in [0.1, 0.15) is 38.9 Å². The summed E-state index contributed by atoms with van der Waals surface area (Å²) in [4.78, 5) is 0. The molecule has 1 fully saturated rings. The van der Waals surface area contributed by atoms with Gasteiger partial charge in [-0.2, -0.15) is 0 Å². The number of hydrogen-bond acceptors (Lipinski definition) is 3. The molecular formula is C39H39BO3P2. The van der Waals surface area contributed by atoms with Gasteiger partial charge in [0.25, 0.3) is 0 Å². The normalized spacial score (nSPS) is 16.6. The average molecular weight is 628 g/mol. The summed E-state index contributed by atoms with van der Waals surface area (Å²) in [5.41, 5.74) is 1.08. The fraction of sp³-hybridized carbons (Fsp3) is 0.179. The van der Waals surface area contributed by atoms with Crippen LogP contribution in [0.4, 0.5) is 0 Å². The van der Waals surface area contributed by atoms with Crippen LogP contribution in [0.2, 0.25) is 0 Å². The molecule has 0 bridgehead atoms. The smallest absolute Gasteiger partial charge is 0.511 e. The van der Waals surface area contributed by atoms with E-state index in [9.17, 15) is 0 Å². The highest BCUT2D eigenvalue weighted by atomic mass is 31.1. The maximum absolute atomic E-state index is 6.98. The average Bonchev–Trinajstić information content (AvgIpc) is 3.28. The minimum Gasteiger partial charge on any atom is -0.511 e. The summed E-state index contributed by atoms with van der Waals surface area (Å²) in [5.74, 6) is 0. The fourth-order valence-corrected chi connectivity index (χ4v) is 10.4. The summed E-state index contributed by atoms with van der Waals surface area (Å²) in [7, 11) is -2.80. The van der Waals surface area contributed by atoms with Crippen molar-refractivity contribution in [2.45, 2.75) is 44.6 Å². The van der Waals surface area contributed by atoms with E-state index in [-0.39, 0.29) is 5.66 Å². The molecule has 45 heavy (non-hydrogen) atoms. The molecule has 0 aromatic heterocycles. The van der Waals surface area contributed by atoms with Gasteiger partial charge in [0.15, 0.2) is 0 Å². The molecule has 1 aliphatic heterocycles. The summed E-state index contributed by atoms with van der Waals surface area (Å²) in [5, 5.41) is 5.03. The molecular weight excluding hydrogens is 589 g/mol. The van der Waals surface area contributed by atoms with Gasteiger partial charge in [-0.25, -0.2) is 0 Å². The molecule has 0 spiro atoms. The first-order valence-electron chi connectivity index (χ1n) is 15.4. The van der Waals surface area contributed by atoms with E-state index >= 15 is 0 Å². The second-order valence-electron chi connectivity index (χ2n) is 12.1. The SMILES string of the molecule is CC1(C)OB(O/C(=C\[C@H](c2ccccc2)P(c2ccccc2)c2ccccc2)P(c2ccccc2)c2ccccc2)OC1(C)C. The van der Waals surface area contributed by atoms with Crippen LogP contribution in [0.25, 0.3) is 0 Å². The molecule has 6 rings (SSSR count). The Labute approximate surface area is 271 Å². The molecule has 5 aromatic carbocycles. The molecule has 1 atom stereocenters. The van der Waals surface area contributed by atoms with Gasteiger partial charge >= 0.3 is 7.32 Å². The van der Waals surface area contributed by atoms with Crippen LogP contribution in [-0.2, 0) is 14.0 Å². The summed E-state index contributed by atoms with van der Waals surface area (Å²) in [6.07, 6.45) is 2.37. The van der Waals surface area contributed by atoms with Crippen molar-refractivity contribution in [2.24, 2.45) is 0 Å². The van der Waals surface area contributed by atoms with E-state index in [1.54, 1.807) is 0 Å². The second-order valence-corrected chi connectivity index (χ2v) is 16.5. The molecule has 1 heterocycles. The zero-order valence-electron chi connectivity index (χ0n) is 26.3. The summed E-state index contributed by atoms with van der Waals surface area (Å²) in [6, 6.07) is 54.0. The first-order valence-corrected chi connectivity index (χ1v) is 18.2. The first kappa shape index (κ1) is 31.5. The molecule has 6 heteroatoms. The standard InChI is InChI=1S/C39H39BO3P2/c1-38(2)39(3,4)43-40(42-38)41-37(45(34-26-16-8-17-27-34)35-28-18-9-19-29-35)30-36(31-20-10-5-11-21-31)44(32-22-12-6-13-23-32)33-24-14-7-15-25-33/h5-30,36H,1-4H3/b37-30+/t36-/m1/s1. The molecule has 5 aromatic rings. The maximum atomic E-state index is 6.98. The Balaban J connectivity index is 1.58. The zero-order valence-corrected chi connectivity index (χ0v) is 28.1. The second kappa shape index (κ2) is 13.9. The number of benzene rings is 5. The zero-order chi connectivity index (χ0) is 31.3. The van der Waals surface area contributed by atoms with Crippen molar-refractivity contribution in [3.63, 3.8) is 0 Å². The van der Waals surface area contributed by atoms with Crippen molar-refractivity contribution in [1.82, 2.24) is 0 Å². The monoisotopic (exact) mass is 628 g/mol. The highest BCUT2D eigenvalue weighted by Crippen LogP contribution is 2.54. The lowest BCUT2D eigenvalue weighted by Crippen LogP contribution is -2.41. The van der Waals surface area contributed by atoms with Crippen LogP contribution in [0.5, 0.6) is 0 Å². The Morgan fingerprint density at radius 1 is 0.556 bits per heavy atom. The number of allylic oxidation sites excluding steroid dienone is 1. The van der Waals surface area contributed by atoms with Gasteiger partial charge in [-0.15, -0.1) is 0 Å². The maximum Gasteiger partial charge on any atom is 0.714 e. The first-order chi connectivity index (χ1) is 21.8. The topological polar surface area (TPSA) is 27.7 Å². The van der Waals surface area contributed by atoms with Gasteiger partial charge in [0.2, 0.25) is 0 Å². The van der Waals surface area contributed by atoms with Gasteiger partial charge < -0.3 is 14.0 Å². The Morgan fingerprint density at radius 3 is 1.31 bits per heavy atom. The van der Waals surface area contributed by atoms with E-state index in [0.29, 0.717) is 0 Å². The Kier molecular flexibility index (Phi) is 9.69. The molecule has 0 radical (unpaired) electrons. The van der Waals surface area contributed by atoms with E-state index in [1.165, 1.54) is 26.8 Å². The molecule has 0 amide bonds. The molecule has 0 saturated carbocycles. The van der Waals surface area contributed by atoms with Gasteiger partial charge in [-0.1, -0.05) is 152 Å². The van der Waals surface area contributed by atoms with E-state index in [1.807, 2.05) is 0 Å². The molecule has 3 nitrogen and oxygen atoms in total. The number of hydrogen-bond donors (Lipinski definition) is 0. The van der Waals surface area contributed by atoms with Gasteiger partial charge in [0.05, 0.1) is 11.2 Å². The Hall–Kier alpha value is -3.52. The van der Waals surface area contributed by atoms with Crippen LogP contribution in [0, 0.1) is 0 Å². The van der Waals surface area contributed by atoms with Crippen LogP contribution in [0.15, 0.2) is 163 Å². The van der Waals surface area contributed by atoms with Gasteiger partial charge in [-0.05, 0) is 68.5 Å². The Morgan fingerprint density at radius 2 is 0.911 bits per heavy atom. The van der Waals surface area contributed by atoms with Gasteiger partial charge in [-0.3, -0.25) is 0 Å². The van der Waals surface area contributed by atoms with Crippen molar-refractivity contribution in [2.75, 3.05) is 0 Å². The van der Waals surface area contributed by atoms with E-state index in [2.05, 4.69) is 185 Å². The molecule has 1 saturated heterocycles. The third-order valence-electron chi connectivity index (χ3n) is 8.49. The molecule has 1 aliphatic rings. The third-order valence-corrected chi connectivity index (χ3v) is 13.5. The highest BCUT2D eigenvalue weighted by Gasteiger charge is 2.55. The van der Waals surface area contributed by atoms with Crippen molar-refractivity contribution >= 4 is 44.4 Å². The molecule has 226 valence electrons. The van der Waals surface area contributed by atoms with E-state index < -0.39 is 34.4 Å². The minimum atomic E-state index is -1.09.